The Labute approximate surface area is 202 Å². The van der Waals surface area contributed by atoms with Gasteiger partial charge in [-0.25, -0.2) is 9.36 Å². The SMILES string of the molecule is N#Cc1ccc(-n2c(O)c3n(c2=O)C2CC3N(C(=S)NCC3CCCCC3)C2)c2cccnc12. The van der Waals surface area contributed by atoms with Gasteiger partial charge in [-0.2, -0.15) is 5.26 Å². The Morgan fingerprint density at radius 3 is 2.88 bits per heavy atom. The molecule has 1 saturated heterocycles. The zero-order chi connectivity index (χ0) is 23.4. The average molecular weight is 475 g/mol. The maximum absolute atomic E-state index is 13.5. The number of nitrogens with zero attached hydrogens (tertiary/aromatic N) is 5. The molecule has 1 aliphatic carbocycles. The van der Waals surface area contributed by atoms with Gasteiger partial charge in [-0.3, -0.25) is 9.55 Å². The summed E-state index contributed by atoms with van der Waals surface area (Å²) < 4.78 is 3.07. The number of imidazole rings is 1. The van der Waals surface area contributed by atoms with Gasteiger partial charge in [0.1, 0.15) is 11.8 Å². The molecular formula is C25H26N6O2S. The van der Waals surface area contributed by atoms with Crippen LogP contribution in [0.1, 0.15) is 61.9 Å². The fraction of sp³-hybridized carbons (Fsp3) is 0.440. The van der Waals surface area contributed by atoms with E-state index >= 15 is 0 Å². The van der Waals surface area contributed by atoms with E-state index in [1.165, 1.54) is 36.7 Å². The van der Waals surface area contributed by atoms with Crippen LogP contribution in [0.15, 0.2) is 35.3 Å². The van der Waals surface area contributed by atoms with Gasteiger partial charge in [0.05, 0.1) is 28.9 Å². The van der Waals surface area contributed by atoms with E-state index in [-0.39, 0.29) is 23.7 Å². The van der Waals surface area contributed by atoms with Crippen LogP contribution < -0.4 is 11.0 Å². The van der Waals surface area contributed by atoms with Crippen LogP contribution in [0.4, 0.5) is 0 Å². The molecule has 1 saturated carbocycles. The van der Waals surface area contributed by atoms with Gasteiger partial charge in [0, 0.05) is 24.7 Å². The summed E-state index contributed by atoms with van der Waals surface area (Å²) in [6.07, 6.45) is 8.79. The number of nitrogens with one attached hydrogen (secondary N) is 1. The highest BCUT2D eigenvalue weighted by atomic mass is 32.1. The number of aromatic hydroxyl groups is 1. The van der Waals surface area contributed by atoms with Crippen LogP contribution in [0, 0.1) is 17.2 Å². The number of thiocarbonyl (C=S) groups is 1. The molecule has 2 unspecified atom stereocenters. The van der Waals surface area contributed by atoms with E-state index in [9.17, 15) is 15.2 Å². The summed E-state index contributed by atoms with van der Waals surface area (Å²) in [5.41, 5.74) is 1.81. The molecule has 2 aliphatic heterocycles. The third-order valence-electron chi connectivity index (χ3n) is 7.69. The number of hydrogen-bond donors (Lipinski definition) is 2. The number of hydrogen-bond acceptors (Lipinski definition) is 5. The van der Waals surface area contributed by atoms with Crippen molar-refractivity contribution in [3.63, 3.8) is 0 Å². The Hall–Kier alpha value is -3.38. The Morgan fingerprint density at radius 1 is 1.26 bits per heavy atom. The highest BCUT2D eigenvalue weighted by Gasteiger charge is 2.48. The Kier molecular flexibility index (Phi) is 5.06. The average Bonchev–Trinajstić information content (AvgIpc) is 3.54. The normalized spacial score (nSPS) is 21.6. The molecule has 8 nitrogen and oxygen atoms in total. The summed E-state index contributed by atoms with van der Waals surface area (Å²) >= 11 is 5.74. The topological polar surface area (TPSA) is 99.1 Å². The summed E-state index contributed by atoms with van der Waals surface area (Å²) in [5, 5.41) is 25.6. The minimum Gasteiger partial charge on any atom is -0.493 e. The number of nitriles is 1. The number of fused-ring (bicyclic) bond motifs is 6. The van der Waals surface area contributed by atoms with Crippen LogP contribution in [-0.2, 0) is 0 Å². The van der Waals surface area contributed by atoms with Gasteiger partial charge in [0.15, 0.2) is 5.11 Å². The van der Waals surface area contributed by atoms with Crippen molar-refractivity contribution in [1.29, 1.82) is 5.26 Å². The Bertz CT molecular complexity index is 1400. The molecule has 0 amide bonds. The first-order valence-electron chi connectivity index (χ1n) is 12.0. The molecule has 2 N–H and O–H groups in total. The minimum absolute atomic E-state index is 0.0307. The van der Waals surface area contributed by atoms with Gasteiger partial charge in [-0.15, -0.1) is 0 Å². The molecule has 4 heterocycles. The minimum atomic E-state index is -0.268. The van der Waals surface area contributed by atoms with Crippen LogP contribution in [0.25, 0.3) is 16.6 Å². The largest absolute Gasteiger partial charge is 0.493 e. The quantitative estimate of drug-likeness (QED) is 0.561. The smallest absolute Gasteiger partial charge is 0.336 e. The summed E-state index contributed by atoms with van der Waals surface area (Å²) in [5.74, 6) is 0.601. The van der Waals surface area contributed by atoms with Gasteiger partial charge < -0.3 is 15.3 Å². The zero-order valence-corrected chi connectivity index (χ0v) is 19.6. The van der Waals surface area contributed by atoms with Gasteiger partial charge in [0.25, 0.3) is 0 Å². The molecule has 174 valence electrons. The van der Waals surface area contributed by atoms with Crippen molar-refractivity contribution >= 4 is 28.2 Å². The number of rotatable bonds is 3. The lowest BCUT2D eigenvalue weighted by molar-refractivity contribution is 0.320. The predicted molar refractivity (Wildman–Crippen MR) is 132 cm³/mol. The molecule has 3 aliphatic rings. The van der Waals surface area contributed by atoms with Crippen molar-refractivity contribution < 1.29 is 5.11 Å². The third kappa shape index (κ3) is 3.12. The van der Waals surface area contributed by atoms with Crippen molar-refractivity contribution in [2.45, 2.75) is 50.6 Å². The number of pyridine rings is 1. The first-order chi connectivity index (χ1) is 16.6. The molecule has 2 aromatic heterocycles. The zero-order valence-electron chi connectivity index (χ0n) is 18.8. The molecule has 0 spiro atoms. The fourth-order valence-electron chi connectivity index (χ4n) is 6.06. The van der Waals surface area contributed by atoms with E-state index < -0.39 is 0 Å². The van der Waals surface area contributed by atoms with E-state index in [0.29, 0.717) is 45.4 Å². The van der Waals surface area contributed by atoms with Crippen LogP contribution in [0.2, 0.25) is 0 Å². The van der Waals surface area contributed by atoms with Crippen LogP contribution in [0.3, 0.4) is 0 Å². The van der Waals surface area contributed by atoms with E-state index in [4.69, 9.17) is 12.2 Å². The van der Waals surface area contributed by atoms with Crippen LogP contribution >= 0.6 is 12.2 Å². The predicted octanol–water partition coefficient (Wildman–Crippen LogP) is 3.52. The third-order valence-corrected chi connectivity index (χ3v) is 8.07. The number of likely N-dealkylation sites (tertiary alicyclic amines) is 1. The maximum atomic E-state index is 13.5. The Balaban J connectivity index is 1.34. The lowest BCUT2D eigenvalue weighted by Gasteiger charge is -2.31. The lowest BCUT2D eigenvalue weighted by atomic mass is 9.89. The van der Waals surface area contributed by atoms with E-state index in [2.05, 4.69) is 21.3 Å². The van der Waals surface area contributed by atoms with Crippen LogP contribution in [-0.4, -0.2) is 42.3 Å². The second-order valence-electron chi connectivity index (χ2n) is 9.59. The fourth-order valence-corrected chi connectivity index (χ4v) is 6.34. The molecule has 6 rings (SSSR count). The van der Waals surface area contributed by atoms with Gasteiger partial charge in [-0.05, 0) is 61.7 Å². The highest BCUT2D eigenvalue weighted by molar-refractivity contribution is 7.80. The standard InChI is InChI=1S/C25H26N6O2S/c26-12-16-8-9-19(18-7-4-10-27-21(16)18)31-23(32)22-20-11-17(30(22)25(31)33)14-29(20)24(34)28-13-15-5-2-1-3-6-15/h4,7-10,15,17,20,32H,1-3,5-6,11,13-14H2,(H,28,34). The summed E-state index contributed by atoms with van der Waals surface area (Å²) in [6.45, 7) is 1.55. The van der Waals surface area contributed by atoms with Gasteiger partial charge in [-0.1, -0.05) is 19.3 Å². The lowest BCUT2D eigenvalue weighted by Crippen LogP contribution is -2.44. The molecule has 34 heavy (non-hydrogen) atoms. The van der Waals surface area contributed by atoms with Crippen molar-refractivity contribution in [3.05, 3.63) is 52.2 Å². The molecular weight excluding hydrogens is 448 g/mol. The monoisotopic (exact) mass is 474 g/mol. The van der Waals surface area contributed by atoms with E-state index in [1.807, 2.05) is 6.07 Å². The summed E-state index contributed by atoms with van der Waals surface area (Å²) in [4.78, 5) is 20.0. The molecule has 2 atom stereocenters. The molecule has 2 fully saturated rings. The second-order valence-corrected chi connectivity index (χ2v) is 9.97. The van der Waals surface area contributed by atoms with E-state index in [0.717, 1.165) is 13.0 Å². The summed E-state index contributed by atoms with van der Waals surface area (Å²) in [7, 11) is 0. The molecule has 2 bridgehead atoms. The van der Waals surface area contributed by atoms with Crippen LogP contribution in [0.5, 0.6) is 5.88 Å². The Morgan fingerprint density at radius 2 is 2.09 bits per heavy atom. The number of aromatic nitrogens is 3. The van der Waals surface area contributed by atoms with E-state index in [1.54, 1.807) is 29.0 Å². The first-order valence-corrected chi connectivity index (χ1v) is 12.4. The highest BCUT2D eigenvalue weighted by Crippen LogP contribution is 2.48. The second kappa shape index (κ2) is 8.13. The van der Waals surface area contributed by atoms with Gasteiger partial charge in [0.2, 0.25) is 5.88 Å². The first kappa shape index (κ1) is 21.2. The molecule has 1 aromatic carbocycles. The van der Waals surface area contributed by atoms with Crippen molar-refractivity contribution in [3.8, 4) is 17.6 Å². The maximum Gasteiger partial charge on any atom is 0.336 e. The molecule has 3 aromatic rings. The number of benzene rings is 1. The van der Waals surface area contributed by atoms with Crippen molar-refractivity contribution in [2.75, 3.05) is 13.1 Å². The van der Waals surface area contributed by atoms with Crippen molar-refractivity contribution in [1.82, 2.24) is 24.3 Å². The summed E-state index contributed by atoms with van der Waals surface area (Å²) in [6, 6.07) is 8.92. The van der Waals surface area contributed by atoms with Gasteiger partial charge >= 0.3 is 5.69 Å². The molecule has 0 radical (unpaired) electrons. The molecule has 9 heteroatoms. The van der Waals surface area contributed by atoms with Crippen molar-refractivity contribution in [2.24, 2.45) is 5.92 Å².